The molecule has 3 aromatic heterocycles. The first-order valence-corrected chi connectivity index (χ1v) is 5.48. The maximum atomic E-state index is 11.8. The van der Waals surface area contributed by atoms with Crippen LogP contribution in [0.1, 0.15) is 0 Å². The Morgan fingerprint density at radius 2 is 1.94 bits per heavy atom. The lowest BCUT2D eigenvalue weighted by Crippen LogP contribution is -2.11. The van der Waals surface area contributed by atoms with E-state index in [4.69, 9.17) is 0 Å². The molecule has 0 unspecified atom stereocenters. The lowest BCUT2D eigenvalue weighted by Gasteiger charge is -2.02. The van der Waals surface area contributed by atoms with Gasteiger partial charge in [0.2, 0.25) is 0 Å². The lowest BCUT2D eigenvalue weighted by atomic mass is 10.1. The standard InChI is InChI=1S/C13H10N4O/c18-13-10(11-2-1-5-15-11)8-12(16-17-13)9-3-6-14-7-4-9/h1-8,15H,(H,17,18). The fourth-order valence-corrected chi connectivity index (χ4v) is 1.77. The van der Waals surface area contributed by atoms with Crippen LogP contribution < -0.4 is 5.56 Å². The van der Waals surface area contributed by atoms with Crippen molar-refractivity contribution in [3.8, 4) is 22.5 Å². The van der Waals surface area contributed by atoms with Crippen LogP contribution in [0.25, 0.3) is 22.5 Å². The Morgan fingerprint density at radius 3 is 2.67 bits per heavy atom. The van der Waals surface area contributed by atoms with Gasteiger partial charge in [-0.3, -0.25) is 9.78 Å². The van der Waals surface area contributed by atoms with Crippen molar-refractivity contribution >= 4 is 0 Å². The molecule has 18 heavy (non-hydrogen) atoms. The molecule has 0 aliphatic carbocycles. The summed E-state index contributed by atoms with van der Waals surface area (Å²) in [6, 6.07) is 9.15. The third-order valence-electron chi connectivity index (χ3n) is 2.67. The summed E-state index contributed by atoms with van der Waals surface area (Å²) in [5, 5.41) is 6.55. The first kappa shape index (κ1) is 10.5. The fraction of sp³-hybridized carbons (Fsp3) is 0. The van der Waals surface area contributed by atoms with E-state index in [9.17, 15) is 4.79 Å². The molecule has 0 atom stereocenters. The van der Waals surface area contributed by atoms with Gasteiger partial charge in [-0.1, -0.05) is 0 Å². The van der Waals surface area contributed by atoms with Crippen molar-refractivity contribution in [1.82, 2.24) is 20.2 Å². The second-order valence-corrected chi connectivity index (χ2v) is 3.82. The summed E-state index contributed by atoms with van der Waals surface area (Å²) in [6.45, 7) is 0. The molecule has 0 fully saturated rings. The third-order valence-corrected chi connectivity index (χ3v) is 2.67. The summed E-state index contributed by atoms with van der Waals surface area (Å²) in [4.78, 5) is 18.7. The van der Waals surface area contributed by atoms with E-state index in [0.717, 1.165) is 11.3 Å². The minimum Gasteiger partial charge on any atom is -0.361 e. The van der Waals surface area contributed by atoms with Gasteiger partial charge in [0, 0.05) is 24.2 Å². The second kappa shape index (κ2) is 4.29. The van der Waals surface area contributed by atoms with Crippen LogP contribution in [-0.2, 0) is 0 Å². The Morgan fingerprint density at radius 1 is 1.11 bits per heavy atom. The molecule has 0 radical (unpaired) electrons. The van der Waals surface area contributed by atoms with E-state index in [-0.39, 0.29) is 5.56 Å². The van der Waals surface area contributed by atoms with E-state index >= 15 is 0 Å². The highest BCUT2D eigenvalue weighted by molar-refractivity contribution is 5.66. The number of pyridine rings is 1. The molecule has 0 amide bonds. The molecular weight excluding hydrogens is 228 g/mol. The molecule has 0 saturated carbocycles. The lowest BCUT2D eigenvalue weighted by molar-refractivity contribution is 0.995. The van der Waals surface area contributed by atoms with Gasteiger partial charge in [-0.05, 0) is 30.3 Å². The molecule has 3 heterocycles. The molecule has 5 nitrogen and oxygen atoms in total. The fourth-order valence-electron chi connectivity index (χ4n) is 1.77. The first-order chi connectivity index (χ1) is 8.84. The van der Waals surface area contributed by atoms with E-state index in [0.29, 0.717) is 11.3 Å². The van der Waals surface area contributed by atoms with Gasteiger partial charge in [0.1, 0.15) is 0 Å². The van der Waals surface area contributed by atoms with Gasteiger partial charge >= 0.3 is 0 Å². The van der Waals surface area contributed by atoms with E-state index in [1.165, 1.54) is 0 Å². The summed E-state index contributed by atoms with van der Waals surface area (Å²) in [6.07, 6.45) is 5.16. The Hall–Kier alpha value is -2.69. The molecule has 2 N–H and O–H groups in total. The normalized spacial score (nSPS) is 10.4. The highest BCUT2D eigenvalue weighted by Gasteiger charge is 2.07. The Kier molecular flexibility index (Phi) is 2.49. The van der Waals surface area contributed by atoms with Crippen LogP contribution in [0.2, 0.25) is 0 Å². The molecule has 0 aliphatic rings. The van der Waals surface area contributed by atoms with E-state index in [2.05, 4.69) is 20.2 Å². The van der Waals surface area contributed by atoms with Crippen molar-refractivity contribution < 1.29 is 0 Å². The highest BCUT2D eigenvalue weighted by atomic mass is 16.1. The van der Waals surface area contributed by atoms with Gasteiger partial charge in [0.05, 0.1) is 17.0 Å². The minimum absolute atomic E-state index is 0.213. The number of H-pyrrole nitrogens is 2. The average Bonchev–Trinajstić information content (AvgIpc) is 2.94. The summed E-state index contributed by atoms with van der Waals surface area (Å²) >= 11 is 0. The van der Waals surface area contributed by atoms with Crippen LogP contribution in [0.4, 0.5) is 0 Å². The van der Waals surface area contributed by atoms with Crippen molar-refractivity contribution in [3.05, 3.63) is 59.3 Å². The SMILES string of the molecule is O=c1[nH]nc(-c2ccncc2)cc1-c1ccc[nH]1. The zero-order valence-corrected chi connectivity index (χ0v) is 9.42. The van der Waals surface area contributed by atoms with Crippen molar-refractivity contribution in [1.29, 1.82) is 0 Å². The van der Waals surface area contributed by atoms with Crippen molar-refractivity contribution in [2.45, 2.75) is 0 Å². The summed E-state index contributed by atoms with van der Waals surface area (Å²) in [7, 11) is 0. The molecule has 0 bridgehead atoms. The topological polar surface area (TPSA) is 74.4 Å². The number of aromatic nitrogens is 4. The molecule has 5 heteroatoms. The van der Waals surface area contributed by atoms with E-state index in [1.807, 2.05) is 24.3 Å². The molecule has 3 rings (SSSR count). The van der Waals surface area contributed by atoms with Crippen LogP contribution in [0.3, 0.4) is 0 Å². The predicted octanol–water partition coefficient (Wildman–Crippen LogP) is 1.83. The van der Waals surface area contributed by atoms with Crippen LogP contribution >= 0.6 is 0 Å². The third kappa shape index (κ3) is 1.82. The zero-order chi connectivity index (χ0) is 12.4. The van der Waals surface area contributed by atoms with E-state index < -0.39 is 0 Å². The quantitative estimate of drug-likeness (QED) is 0.715. The van der Waals surface area contributed by atoms with Gasteiger partial charge < -0.3 is 4.98 Å². The van der Waals surface area contributed by atoms with Crippen LogP contribution in [0, 0.1) is 0 Å². The van der Waals surface area contributed by atoms with Gasteiger partial charge in [-0.2, -0.15) is 5.10 Å². The highest BCUT2D eigenvalue weighted by Crippen LogP contribution is 2.19. The summed E-state index contributed by atoms with van der Waals surface area (Å²) in [5.41, 5.74) is 2.75. The molecule has 0 spiro atoms. The Bertz CT molecular complexity index is 701. The largest absolute Gasteiger partial charge is 0.361 e. The number of nitrogens with zero attached hydrogens (tertiary/aromatic N) is 2. The van der Waals surface area contributed by atoms with Gasteiger partial charge in [0.15, 0.2) is 0 Å². The van der Waals surface area contributed by atoms with Crippen LogP contribution in [-0.4, -0.2) is 20.2 Å². The Balaban J connectivity index is 2.15. The number of hydrogen-bond acceptors (Lipinski definition) is 3. The number of rotatable bonds is 2. The number of hydrogen-bond donors (Lipinski definition) is 2. The summed E-state index contributed by atoms with van der Waals surface area (Å²) in [5.74, 6) is 0. The first-order valence-electron chi connectivity index (χ1n) is 5.48. The average molecular weight is 238 g/mol. The zero-order valence-electron chi connectivity index (χ0n) is 9.42. The molecular formula is C13H10N4O. The van der Waals surface area contributed by atoms with Gasteiger partial charge in [-0.15, -0.1) is 0 Å². The van der Waals surface area contributed by atoms with Crippen molar-refractivity contribution in [2.75, 3.05) is 0 Å². The maximum Gasteiger partial charge on any atom is 0.273 e. The minimum atomic E-state index is -0.213. The molecule has 3 aromatic rings. The maximum absolute atomic E-state index is 11.8. The predicted molar refractivity (Wildman–Crippen MR) is 67.9 cm³/mol. The molecule has 0 aromatic carbocycles. The smallest absolute Gasteiger partial charge is 0.273 e. The Labute approximate surface area is 103 Å². The van der Waals surface area contributed by atoms with Crippen LogP contribution in [0.5, 0.6) is 0 Å². The molecule has 0 aliphatic heterocycles. The monoisotopic (exact) mass is 238 g/mol. The van der Waals surface area contributed by atoms with Crippen molar-refractivity contribution in [2.24, 2.45) is 0 Å². The molecule has 88 valence electrons. The number of nitrogens with one attached hydrogen (secondary N) is 2. The van der Waals surface area contributed by atoms with Crippen molar-refractivity contribution in [3.63, 3.8) is 0 Å². The number of aromatic amines is 2. The summed E-state index contributed by atoms with van der Waals surface area (Å²) < 4.78 is 0. The second-order valence-electron chi connectivity index (χ2n) is 3.82. The van der Waals surface area contributed by atoms with E-state index in [1.54, 1.807) is 24.7 Å². The van der Waals surface area contributed by atoms with Gasteiger partial charge in [0.25, 0.3) is 5.56 Å². The molecule has 0 saturated heterocycles. The van der Waals surface area contributed by atoms with Gasteiger partial charge in [-0.25, -0.2) is 5.10 Å². The van der Waals surface area contributed by atoms with Crippen LogP contribution in [0.15, 0.2) is 53.7 Å².